The van der Waals surface area contributed by atoms with Crippen molar-refractivity contribution in [3.63, 3.8) is 0 Å². The molecular weight excluding hydrogens is 346 g/mol. The van der Waals surface area contributed by atoms with Crippen molar-refractivity contribution in [1.29, 1.82) is 0 Å². The van der Waals surface area contributed by atoms with Crippen LogP contribution in [0.2, 0.25) is 5.15 Å². The van der Waals surface area contributed by atoms with Gasteiger partial charge in [0.05, 0.1) is 17.8 Å². The Morgan fingerprint density at radius 3 is 2.65 bits per heavy atom. The first-order valence-electron chi connectivity index (χ1n) is 8.76. The number of hydrogen-bond donors (Lipinski definition) is 1. The van der Waals surface area contributed by atoms with Crippen molar-refractivity contribution in [3.8, 4) is 17.0 Å². The predicted octanol–water partition coefficient (Wildman–Crippen LogP) is 5.09. The topological polar surface area (TPSA) is 61.0 Å². The quantitative estimate of drug-likeness (QED) is 0.614. The Morgan fingerprint density at radius 2 is 1.92 bits per heavy atom. The predicted molar refractivity (Wildman–Crippen MR) is 108 cm³/mol. The Hall–Kier alpha value is -2.17. The molecule has 4 nitrogen and oxygen atoms in total. The monoisotopic (exact) mass is 369 g/mol. The summed E-state index contributed by atoms with van der Waals surface area (Å²) in [6.07, 6.45) is 2.66. The first-order chi connectivity index (χ1) is 12.3. The zero-order valence-electron chi connectivity index (χ0n) is 15.4. The van der Waals surface area contributed by atoms with Gasteiger partial charge >= 0.3 is 0 Å². The summed E-state index contributed by atoms with van der Waals surface area (Å²) in [6, 6.07) is 13.7. The molecule has 2 heterocycles. The molecule has 0 unspecified atom stereocenters. The Bertz CT molecular complexity index is 900. The third-order valence-electron chi connectivity index (χ3n) is 4.14. The number of hydrogen-bond acceptors (Lipinski definition) is 4. The number of aromatic nitrogens is 2. The number of para-hydroxylation sites is 1. The van der Waals surface area contributed by atoms with E-state index in [0.717, 1.165) is 28.6 Å². The third-order valence-corrected chi connectivity index (χ3v) is 4.41. The largest absolute Gasteiger partial charge is 0.490 e. The maximum absolute atomic E-state index is 6.37. The van der Waals surface area contributed by atoms with Crippen molar-refractivity contribution in [2.45, 2.75) is 32.7 Å². The van der Waals surface area contributed by atoms with E-state index in [1.54, 1.807) is 6.20 Å². The van der Waals surface area contributed by atoms with E-state index >= 15 is 0 Å². The maximum Gasteiger partial charge on any atom is 0.171 e. The van der Waals surface area contributed by atoms with E-state index in [2.05, 4.69) is 16.9 Å². The molecule has 0 amide bonds. The van der Waals surface area contributed by atoms with Crippen molar-refractivity contribution < 1.29 is 4.74 Å². The lowest BCUT2D eigenvalue weighted by Gasteiger charge is -2.23. The lowest BCUT2D eigenvalue weighted by atomic mass is 9.93. The Kier molecular flexibility index (Phi) is 5.44. The molecule has 3 rings (SSSR count). The van der Waals surface area contributed by atoms with Crippen molar-refractivity contribution in [1.82, 2.24) is 9.97 Å². The lowest BCUT2D eigenvalue weighted by Crippen LogP contribution is -2.35. The Balaban J connectivity index is 1.79. The molecule has 0 fully saturated rings. The number of halogens is 1. The molecule has 3 aromatic rings. The van der Waals surface area contributed by atoms with Gasteiger partial charge in [0.2, 0.25) is 0 Å². The van der Waals surface area contributed by atoms with Crippen LogP contribution in [0, 0.1) is 5.92 Å². The second kappa shape index (κ2) is 7.60. The highest BCUT2D eigenvalue weighted by molar-refractivity contribution is 6.31. The number of ether oxygens (including phenoxy) is 1. The van der Waals surface area contributed by atoms with E-state index < -0.39 is 0 Å². The van der Waals surface area contributed by atoms with Gasteiger partial charge in [0.15, 0.2) is 10.9 Å². The van der Waals surface area contributed by atoms with E-state index in [1.165, 1.54) is 0 Å². The summed E-state index contributed by atoms with van der Waals surface area (Å²) >= 11 is 6.37. The van der Waals surface area contributed by atoms with Crippen LogP contribution in [0.4, 0.5) is 0 Å². The van der Waals surface area contributed by atoms with Crippen molar-refractivity contribution >= 4 is 22.5 Å². The average molecular weight is 370 g/mol. The molecule has 0 aliphatic rings. The van der Waals surface area contributed by atoms with Crippen LogP contribution in [0.1, 0.15) is 27.2 Å². The zero-order valence-corrected chi connectivity index (χ0v) is 16.1. The number of nitrogens with two attached hydrogens (primary N) is 1. The molecule has 0 aliphatic carbocycles. The van der Waals surface area contributed by atoms with Crippen LogP contribution >= 0.6 is 11.6 Å². The van der Waals surface area contributed by atoms with Crippen molar-refractivity contribution in [2.24, 2.45) is 11.7 Å². The molecule has 0 bridgehead atoms. The molecule has 2 aromatic heterocycles. The van der Waals surface area contributed by atoms with Crippen LogP contribution in [0.15, 0.2) is 48.7 Å². The molecule has 1 atom stereocenters. The molecule has 0 aliphatic heterocycles. The summed E-state index contributed by atoms with van der Waals surface area (Å²) in [5.41, 5.74) is 8.59. The van der Waals surface area contributed by atoms with Gasteiger partial charge < -0.3 is 10.5 Å². The fourth-order valence-corrected chi connectivity index (χ4v) is 3.40. The molecule has 0 saturated heterocycles. The van der Waals surface area contributed by atoms with Gasteiger partial charge in [0.1, 0.15) is 0 Å². The minimum absolute atomic E-state index is 0.211. The molecule has 2 N–H and O–H groups in total. The third kappa shape index (κ3) is 4.51. The summed E-state index contributed by atoms with van der Waals surface area (Å²) in [4.78, 5) is 8.92. The van der Waals surface area contributed by atoms with Crippen LogP contribution in [0.25, 0.3) is 22.2 Å². The van der Waals surface area contributed by atoms with Crippen molar-refractivity contribution in [2.75, 3.05) is 6.61 Å². The smallest absolute Gasteiger partial charge is 0.171 e. The van der Waals surface area contributed by atoms with Crippen LogP contribution < -0.4 is 10.5 Å². The fourth-order valence-electron chi connectivity index (χ4n) is 3.19. The average Bonchev–Trinajstić information content (AvgIpc) is 2.58. The highest BCUT2D eigenvalue weighted by Crippen LogP contribution is 2.31. The summed E-state index contributed by atoms with van der Waals surface area (Å²) in [6.45, 7) is 6.71. The van der Waals surface area contributed by atoms with Gasteiger partial charge in [-0.3, -0.25) is 4.98 Å². The van der Waals surface area contributed by atoms with Crippen LogP contribution in [0.3, 0.4) is 0 Å². The van der Waals surface area contributed by atoms with E-state index in [1.807, 2.05) is 56.3 Å². The van der Waals surface area contributed by atoms with Gasteiger partial charge in [0, 0.05) is 22.7 Å². The zero-order chi connectivity index (χ0) is 18.7. The van der Waals surface area contributed by atoms with Gasteiger partial charge in [-0.1, -0.05) is 36.7 Å². The summed E-state index contributed by atoms with van der Waals surface area (Å²) in [5.74, 6) is 0.922. The van der Waals surface area contributed by atoms with Crippen LogP contribution in [-0.4, -0.2) is 22.1 Å². The van der Waals surface area contributed by atoms with E-state index in [0.29, 0.717) is 23.4 Å². The van der Waals surface area contributed by atoms with Gasteiger partial charge in [-0.25, -0.2) is 4.98 Å². The molecule has 136 valence electrons. The summed E-state index contributed by atoms with van der Waals surface area (Å²) in [5, 5.41) is 1.41. The van der Waals surface area contributed by atoms with E-state index in [-0.39, 0.29) is 5.54 Å². The minimum atomic E-state index is -0.211. The van der Waals surface area contributed by atoms with Crippen LogP contribution in [0.5, 0.6) is 5.75 Å². The minimum Gasteiger partial charge on any atom is -0.490 e. The SMILES string of the molecule is C[C@H](COc1ccc(-c2ccnc3ccccc23)nc1Cl)CC(C)(C)N. The first kappa shape index (κ1) is 18.6. The molecular formula is C21H24ClN3O. The second-order valence-electron chi connectivity index (χ2n) is 7.47. The molecule has 26 heavy (non-hydrogen) atoms. The number of benzene rings is 1. The lowest BCUT2D eigenvalue weighted by molar-refractivity contribution is 0.229. The molecule has 5 heteroatoms. The van der Waals surface area contributed by atoms with Crippen molar-refractivity contribution in [3.05, 3.63) is 53.8 Å². The highest BCUT2D eigenvalue weighted by atomic mass is 35.5. The summed E-state index contributed by atoms with van der Waals surface area (Å²) < 4.78 is 5.86. The number of rotatable bonds is 6. The number of pyridine rings is 2. The molecule has 1 aromatic carbocycles. The highest BCUT2D eigenvalue weighted by Gasteiger charge is 2.17. The Labute approximate surface area is 159 Å². The fraction of sp³-hybridized carbons (Fsp3) is 0.333. The van der Waals surface area contributed by atoms with Gasteiger partial charge in [0.25, 0.3) is 0 Å². The number of fused-ring (bicyclic) bond motifs is 1. The van der Waals surface area contributed by atoms with Crippen LogP contribution in [-0.2, 0) is 0 Å². The Morgan fingerprint density at radius 1 is 1.15 bits per heavy atom. The maximum atomic E-state index is 6.37. The molecule has 0 spiro atoms. The van der Waals surface area contributed by atoms with E-state index in [4.69, 9.17) is 22.1 Å². The van der Waals surface area contributed by atoms with Gasteiger partial charge in [-0.2, -0.15) is 0 Å². The van der Waals surface area contributed by atoms with E-state index in [9.17, 15) is 0 Å². The van der Waals surface area contributed by atoms with Gasteiger partial charge in [-0.05, 0) is 50.5 Å². The second-order valence-corrected chi connectivity index (χ2v) is 7.83. The summed E-state index contributed by atoms with van der Waals surface area (Å²) in [7, 11) is 0. The number of nitrogens with zero attached hydrogens (tertiary/aromatic N) is 2. The molecule has 0 saturated carbocycles. The normalized spacial score (nSPS) is 13.0. The standard InChI is InChI=1S/C21H24ClN3O/c1-14(12-21(2,3)23)13-26-19-9-8-18(25-20(19)22)16-10-11-24-17-7-5-4-6-15(16)17/h4-11,14H,12-13,23H2,1-3H3/t14-/m0/s1. The molecule has 0 radical (unpaired) electrons. The van der Waals surface area contributed by atoms with Gasteiger partial charge in [-0.15, -0.1) is 0 Å². The first-order valence-corrected chi connectivity index (χ1v) is 9.13.